The number of aliphatic hydroxyl groups is 1. The van der Waals surface area contributed by atoms with Gasteiger partial charge in [-0.3, -0.25) is 14.4 Å². The lowest BCUT2D eigenvalue weighted by Gasteiger charge is -2.61. The number of allylic oxidation sites excluding steroid dienone is 7. The zero-order chi connectivity index (χ0) is 30.4. The second-order valence-corrected chi connectivity index (χ2v) is 14.4. The molecule has 0 aromatic rings. The first-order valence-corrected chi connectivity index (χ1v) is 15.0. The molecule has 222 valence electrons. The molecule has 2 aliphatic carbocycles. The van der Waals surface area contributed by atoms with Crippen molar-refractivity contribution in [3.63, 3.8) is 0 Å². The molecular weight excluding hydrogens is 500 g/mol. The number of fused-ring (bicyclic) bond motifs is 3. The van der Waals surface area contributed by atoms with Gasteiger partial charge in [-0.1, -0.05) is 55.7 Å². The predicted octanol–water partition coefficient (Wildman–Crippen LogP) is 7.64. The van der Waals surface area contributed by atoms with E-state index in [1.807, 2.05) is 40.7 Å². The molecule has 2 bridgehead atoms. The molecule has 0 saturated heterocycles. The van der Waals surface area contributed by atoms with E-state index in [0.29, 0.717) is 43.4 Å². The molecule has 1 aliphatic heterocycles. The Hall–Kier alpha value is -2.27. The van der Waals surface area contributed by atoms with Crippen molar-refractivity contribution in [3.05, 3.63) is 46.3 Å². The van der Waals surface area contributed by atoms with Crippen LogP contribution in [0.5, 0.6) is 0 Å². The third kappa shape index (κ3) is 5.12. The molecule has 5 atom stereocenters. The van der Waals surface area contributed by atoms with Crippen LogP contribution >= 0.6 is 0 Å². The first-order chi connectivity index (χ1) is 18.4. The Morgan fingerprint density at radius 1 is 1.02 bits per heavy atom. The summed E-state index contributed by atoms with van der Waals surface area (Å²) in [5.41, 5.74) is -1.15. The summed E-state index contributed by atoms with van der Waals surface area (Å²) >= 11 is 0. The minimum atomic E-state index is -1.79. The molecule has 0 aromatic carbocycles. The second kappa shape index (κ2) is 11.2. The number of rotatable bonds is 10. The Morgan fingerprint density at radius 3 is 2.10 bits per heavy atom. The fourth-order valence-electron chi connectivity index (χ4n) is 7.33. The number of carbonyl (C=O) groups excluding carboxylic acids is 3. The third-order valence-electron chi connectivity index (χ3n) is 9.67. The average Bonchev–Trinajstić information content (AvgIpc) is 3.29. The fourth-order valence-corrected chi connectivity index (χ4v) is 7.33. The Morgan fingerprint density at radius 2 is 1.60 bits per heavy atom. The van der Waals surface area contributed by atoms with Crippen LogP contribution in [0.15, 0.2) is 46.3 Å². The summed E-state index contributed by atoms with van der Waals surface area (Å²) in [6, 6.07) is 0. The quantitative estimate of drug-likeness (QED) is 0.223. The van der Waals surface area contributed by atoms with Crippen LogP contribution in [0.1, 0.15) is 115 Å². The van der Waals surface area contributed by atoms with Crippen molar-refractivity contribution in [1.29, 1.82) is 0 Å². The van der Waals surface area contributed by atoms with Crippen molar-refractivity contribution in [2.45, 2.75) is 126 Å². The van der Waals surface area contributed by atoms with Gasteiger partial charge in [0, 0.05) is 17.9 Å². The van der Waals surface area contributed by atoms with Crippen LogP contribution < -0.4 is 0 Å². The summed E-state index contributed by atoms with van der Waals surface area (Å²) in [4.78, 5) is 44.8. The minimum Gasteiger partial charge on any atom is -0.490 e. The second-order valence-electron chi connectivity index (χ2n) is 14.4. The van der Waals surface area contributed by atoms with Gasteiger partial charge >= 0.3 is 0 Å². The van der Waals surface area contributed by atoms with Gasteiger partial charge in [-0.25, -0.2) is 0 Å². The van der Waals surface area contributed by atoms with Gasteiger partial charge in [0.05, 0.1) is 11.0 Å². The van der Waals surface area contributed by atoms with Crippen molar-refractivity contribution in [1.82, 2.24) is 0 Å². The molecular formula is C35H52O5. The van der Waals surface area contributed by atoms with Crippen molar-refractivity contribution < 1.29 is 24.2 Å². The van der Waals surface area contributed by atoms with Crippen LogP contribution in [-0.4, -0.2) is 34.2 Å². The zero-order valence-electron chi connectivity index (χ0n) is 26.8. The smallest absolute Gasteiger partial charge is 0.184 e. The Kier molecular flexibility index (Phi) is 9.02. The van der Waals surface area contributed by atoms with E-state index in [9.17, 15) is 14.7 Å². The highest BCUT2D eigenvalue weighted by Crippen LogP contribution is 2.69. The summed E-state index contributed by atoms with van der Waals surface area (Å²) in [6.45, 7) is 21.2. The van der Waals surface area contributed by atoms with Gasteiger partial charge in [0.1, 0.15) is 11.9 Å². The average molecular weight is 553 g/mol. The van der Waals surface area contributed by atoms with Gasteiger partial charge in [-0.15, -0.1) is 0 Å². The highest BCUT2D eigenvalue weighted by molar-refractivity contribution is 6.33. The number of Topliss-reactive ketones (excluding diaryl/α,β-unsaturated/α-hetero) is 3. The Balaban J connectivity index is 2.44. The van der Waals surface area contributed by atoms with Crippen LogP contribution in [0.3, 0.4) is 0 Å². The molecule has 3 aliphatic rings. The van der Waals surface area contributed by atoms with Crippen molar-refractivity contribution in [2.24, 2.45) is 28.1 Å². The summed E-state index contributed by atoms with van der Waals surface area (Å²) in [5.74, 6) is -1.12. The van der Waals surface area contributed by atoms with E-state index in [4.69, 9.17) is 4.74 Å². The van der Waals surface area contributed by atoms with Crippen LogP contribution in [0.2, 0.25) is 0 Å². The first kappa shape index (κ1) is 32.2. The van der Waals surface area contributed by atoms with E-state index in [0.717, 1.165) is 5.57 Å². The van der Waals surface area contributed by atoms with Gasteiger partial charge in [-0.05, 0) is 98.8 Å². The molecule has 1 saturated carbocycles. The lowest BCUT2D eigenvalue weighted by atomic mass is 9.38. The molecule has 40 heavy (non-hydrogen) atoms. The lowest BCUT2D eigenvalue weighted by Crippen LogP contribution is -2.70. The molecule has 1 heterocycles. The number of ketones is 3. The molecule has 0 amide bonds. The lowest BCUT2D eigenvalue weighted by molar-refractivity contribution is -0.181. The molecule has 0 aromatic heterocycles. The largest absolute Gasteiger partial charge is 0.490 e. The molecule has 5 unspecified atom stereocenters. The standard InChI is InChI=1S/C35H52O5/c1-21(2)13-12-17-33(11)25(15-14-22(3)4)20-34(18-16-23(5)6)30-26(19-27(40-30)32(9,10)39)29(37)35(33,31(34)38)28(36)24(7)8/h13-14,16,24-25,27,39H,12,15,17-20H2,1-11H3. The number of hydrogen-bond acceptors (Lipinski definition) is 5. The van der Waals surface area contributed by atoms with E-state index in [-0.39, 0.29) is 29.7 Å². The highest BCUT2D eigenvalue weighted by atomic mass is 16.5. The fraction of sp³-hybridized carbons (Fsp3) is 0.686. The van der Waals surface area contributed by atoms with E-state index in [1.54, 1.807) is 27.7 Å². The number of ether oxygens (including phenoxy) is 1. The van der Waals surface area contributed by atoms with Gasteiger partial charge < -0.3 is 9.84 Å². The SMILES string of the molecule is CC(C)=CCCC1(C)C(CC=C(C)C)CC2(CC=C(C)C)C(=O)C1(C(=O)C(C)C)C(=O)C1=C2OC(C(C)(C)O)C1. The van der Waals surface area contributed by atoms with Crippen LogP contribution in [-0.2, 0) is 19.1 Å². The summed E-state index contributed by atoms with van der Waals surface area (Å²) < 4.78 is 6.45. The predicted molar refractivity (Wildman–Crippen MR) is 161 cm³/mol. The number of carbonyl (C=O) groups is 3. The molecule has 5 nitrogen and oxygen atoms in total. The van der Waals surface area contributed by atoms with Gasteiger partial charge in [-0.2, -0.15) is 0 Å². The topological polar surface area (TPSA) is 80.7 Å². The first-order valence-electron chi connectivity index (χ1n) is 15.0. The summed E-state index contributed by atoms with van der Waals surface area (Å²) in [6.07, 6.45) is 8.74. The van der Waals surface area contributed by atoms with E-state index >= 15 is 4.79 Å². The monoisotopic (exact) mass is 552 g/mol. The van der Waals surface area contributed by atoms with Gasteiger partial charge in [0.25, 0.3) is 0 Å². The number of hydrogen-bond donors (Lipinski definition) is 1. The third-order valence-corrected chi connectivity index (χ3v) is 9.67. The van der Waals surface area contributed by atoms with Crippen molar-refractivity contribution in [3.8, 4) is 0 Å². The maximum atomic E-state index is 15.2. The molecule has 5 heteroatoms. The minimum absolute atomic E-state index is 0.0956. The van der Waals surface area contributed by atoms with E-state index < -0.39 is 33.9 Å². The van der Waals surface area contributed by atoms with Crippen LogP contribution in [0.25, 0.3) is 0 Å². The highest BCUT2D eigenvalue weighted by Gasteiger charge is 2.77. The molecule has 3 rings (SSSR count). The van der Waals surface area contributed by atoms with Crippen molar-refractivity contribution in [2.75, 3.05) is 0 Å². The molecule has 0 spiro atoms. The molecule has 1 fully saturated rings. The van der Waals surface area contributed by atoms with Crippen LogP contribution in [0.4, 0.5) is 0 Å². The Labute approximate surface area is 242 Å². The zero-order valence-corrected chi connectivity index (χ0v) is 26.8. The maximum Gasteiger partial charge on any atom is 0.184 e. The van der Waals surface area contributed by atoms with Gasteiger partial charge in [0.2, 0.25) is 0 Å². The maximum absolute atomic E-state index is 15.2. The molecule has 0 radical (unpaired) electrons. The Bertz CT molecular complexity index is 1180. The summed E-state index contributed by atoms with van der Waals surface area (Å²) in [7, 11) is 0. The van der Waals surface area contributed by atoms with Crippen LogP contribution in [0, 0.1) is 28.1 Å². The normalized spacial score (nSPS) is 31.5. The van der Waals surface area contributed by atoms with Gasteiger partial charge in [0.15, 0.2) is 22.8 Å². The van der Waals surface area contributed by atoms with Crippen molar-refractivity contribution >= 4 is 17.3 Å². The van der Waals surface area contributed by atoms with E-state index in [2.05, 4.69) is 26.0 Å². The summed E-state index contributed by atoms with van der Waals surface area (Å²) in [5, 5.41) is 10.9. The molecule has 1 N–H and O–H groups in total. The van der Waals surface area contributed by atoms with E-state index in [1.165, 1.54) is 11.1 Å².